The number of thioether (sulfide) groups is 1. The number of benzene rings is 1. The highest BCUT2D eigenvalue weighted by atomic mass is 32.2. The Morgan fingerprint density at radius 3 is 2.59 bits per heavy atom. The molecule has 0 saturated carbocycles. The van der Waals surface area contributed by atoms with Crippen LogP contribution in [0.5, 0.6) is 0 Å². The number of hydrogen-bond donors (Lipinski definition) is 0. The van der Waals surface area contributed by atoms with E-state index in [9.17, 15) is 18.0 Å². The van der Waals surface area contributed by atoms with Crippen LogP contribution in [0.25, 0.3) is 0 Å². The molecule has 0 saturated heterocycles. The van der Waals surface area contributed by atoms with Gasteiger partial charge in [0.05, 0.1) is 12.2 Å². The summed E-state index contributed by atoms with van der Waals surface area (Å²) < 4.78 is 41.6. The van der Waals surface area contributed by atoms with E-state index in [-0.39, 0.29) is 28.8 Å². The van der Waals surface area contributed by atoms with Crippen molar-refractivity contribution in [1.82, 2.24) is 0 Å². The second-order valence-corrected chi connectivity index (χ2v) is 4.29. The monoisotopic (exact) mass is 264 g/mol. The molecule has 1 rings (SSSR count). The average molecular weight is 264 g/mol. The van der Waals surface area contributed by atoms with Crippen LogP contribution in [-0.2, 0) is 4.74 Å². The molecular weight excluding hydrogens is 253 g/mol. The molecule has 0 aliphatic carbocycles. The van der Waals surface area contributed by atoms with E-state index in [2.05, 4.69) is 0 Å². The molecule has 0 spiro atoms. The van der Waals surface area contributed by atoms with E-state index in [1.54, 1.807) is 0 Å². The summed E-state index contributed by atoms with van der Waals surface area (Å²) in [5.74, 6) is -0.723. The van der Waals surface area contributed by atoms with Gasteiger partial charge >= 0.3 is 11.5 Å². The zero-order chi connectivity index (χ0) is 12.9. The first kappa shape index (κ1) is 13.9. The van der Waals surface area contributed by atoms with Gasteiger partial charge in [-0.3, -0.25) is 0 Å². The minimum Gasteiger partial charge on any atom is -0.462 e. The van der Waals surface area contributed by atoms with Crippen molar-refractivity contribution in [3.05, 3.63) is 29.8 Å². The van der Waals surface area contributed by atoms with E-state index >= 15 is 0 Å². The van der Waals surface area contributed by atoms with Crippen LogP contribution >= 0.6 is 11.8 Å². The van der Waals surface area contributed by atoms with Crippen LogP contribution in [0.4, 0.5) is 13.2 Å². The van der Waals surface area contributed by atoms with Crippen LogP contribution in [0.1, 0.15) is 23.7 Å². The van der Waals surface area contributed by atoms with Gasteiger partial charge in [0.1, 0.15) is 0 Å². The largest absolute Gasteiger partial charge is 0.462 e. The van der Waals surface area contributed by atoms with Crippen LogP contribution in [0.2, 0.25) is 0 Å². The van der Waals surface area contributed by atoms with Crippen molar-refractivity contribution >= 4 is 17.7 Å². The van der Waals surface area contributed by atoms with Crippen LogP contribution in [0.3, 0.4) is 0 Å². The number of ether oxygens (including phenoxy) is 1. The lowest BCUT2D eigenvalue weighted by atomic mass is 10.2. The SMILES string of the molecule is CCCOC(=O)c1ccccc1SC(F)(F)F. The second-order valence-electron chi connectivity index (χ2n) is 3.18. The molecule has 0 atom stereocenters. The molecule has 0 N–H and O–H groups in total. The van der Waals surface area contributed by atoms with Crippen LogP contribution < -0.4 is 0 Å². The number of alkyl halides is 3. The predicted octanol–water partition coefficient (Wildman–Crippen LogP) is 3.87. The third-order valence-electron chi connectivity index (χ3n) is 1.77. The van der Waals surface area contributed by atoms with Crippen molar-refractivity contribution in [3.63, 3.8) is 0 Å². The van der Waals surface area contributed by atoms with Crippen LogP contribution in [0, 0.1) is 0 Å². The summed E-state index contributed by atoms with van der Waals surface area (Å²) in [6.07, 6.45) is 0.625. The van der Waals surface area contributed by atoms with Gasteiger partial charge in [0.25, 0.3) is 0 Å². The smallest absolute Gasteiger partial charge is 0.446 e. The summed E-state index contributed by atoms with van der Waals surface area (Å²) in [6, 6.07) is 5.53. The summed E-state index contributed by atoms with van der Waals surface area (Å²) in [6.45, 7) is 2.01. The summed E-state index contributed by atoms with van der Waals surface area (Å²) in [7, 11) is 0. The number of rotatable bonds is 4. The van der Waals surface area contributed by atoms with E-state index in [1.165, 1.54) is 24.3 Å². The number of esters is 1. The first-order chi connectivity index (χ1) is 7.94. The summed E-state index contributed by atoms with van der Waals surface area (Å²) >= 11 is -0.312. The van der Waals surface area contributed by atoms with Gasteiger partial charge in [-0.1, -0.05) is 19.1 Å². The first-order valence-electron chi connectivity index (χ1n) is 4.96. The van der Waals surface area contributed by atoms with Gasteiger partial charge < -0.3 is 4.74 Å². The van der Waals surface area contributed by atoms with Gasteiger partial charge in [-0.15, -0.1) is 0 Å². The lowest BCUT2D eigenvalue weighted by Gasteiger charge is -2.10. The van der Waals surface area contributed by atoms with E-state index in [0.717, 1.165) is 0 Å². The molecule has 0 aliphatic heterocycles. The van der Waals surface area contributed by atoms with Gasteiger partial charge in [0.15, 0.2) is 0 Å². The molecule has 17 heavy (non-hydrogen) atoms. The molecule has 0 unspecified atom stereocenters. The summed E-state index contributed by atoms with van der Waals surface area (Å²) in [5.41, 5.74) is -4.47. The topological polar surface area (TPSA) is 26.3 Å². The third-order valence-corrected chi connectivity index (χ3v) is 2.58. The Hall–Kier alpha value is -1.17. The zero-order valence-electron chi connectivity index (χ0n) is 9.08. The molecule has 0 aliphatic rings. The molecule has 6 heteroatoms. The van der Waals surface area contributed by atoms with Gasteiger partial charge in [-0.2, -0.15) is 13.2 Å². The highest BCUT2D eigenvalue weighted by Gasteiger charge is 2.31. The first-order valence-corrected chi connectivity index (χ1v) is 5.77. The Labute approximate surface area is 101 Å². The highest BCUT2D eigenvalue weighted by Crippen LogP contribution is 2.38. The molecule has 0 heterocycles. The van der Waals surface area contributed by atoms with E-state index in [4.69, 9.17) is 4.74 Å². The van der Waals surface area contributed by atoms with Crippen molar-refractivity contribution < 1.29 is 22.7 Å². The van der Waals surface area contributed by atoms with Gasteiger partial charge in [0.2, 0.25) is 0 Å². The molecule has 0 radical (unpaired) electrons. The van der Waals surface area contributed by atoms with E-state index in [0.29, 0.717) is 6.42 Å². The van der Waals surface area contributed by atoms with Crippen molar-refractivity contribution in [2.45, 2.75) is 23.7 Å². The van der Waals surface area contributed by atoms with Crippen molar-refractivity contribution in [2.24, 2.45) is 0 Å². The van der Waals surface area contributed by atoms with Crippen LogP contribution in [-0.4, -0.2) is 18.1 Å². The van der Waals surface area contributed by atoms with Crippen molar-refractivity contribution in [2.75, 3.05) is 6.61 Å². The molecule has 1 aromatic carbocycles. The van der Waals surface area contributed by atoms with Crippen molar-refractivity contribution in [1.29, 1.82) is 0 Å². The molecule has 0 fully saturated rings. The zero-order valence-corrected chi connectivity index (χ0v) is 9.90. The minimum absolute atomic E-state index is 0.0525. The Kier molecular flexibility index (Phi) is 4.86. The molecule has 0 amide bonds. The van der Waals surface area contributed by atoms with Gasteiger partial charge in [-0.25, -0.2) is 4.79 Å². The number of halogens is 3. The lowest BCUT2D eigenvalue weighted by Crippen LogP contribution is -2.09. The quantitative estimate of drug-likeness (QED) is 0.610. The van der Waals surface area contributed by atoms with Crippen molar-refractivity contribution in [3.8, 4) is 0 Å². The number of carbonyl (C=O) groups excluding carboxylic acids is 1. The van der Waals surface area contributed by atoms with E-state index < -0.39 is 11.5 Å². The summed E-state index contributed by atoms with van der Waals surface area (Å²) in [4.78, 5) is 11.4. The Balaban J connectivity index is 2.88. The molecular formula is C11H11F3O2S. The highest BCUT2D eigenvalue weighted by molar-refractivity contribution is 8.00. The fraction of sp³-hybridized carbons (Fsp3) is 0.364. The molecule has 0 aromatic heterocycles. The number of carbonyl (C=O) groups is 1. The maximum atomic E-state index is 12.2. The molecule has 0 bridgehead atoms. The molecule has 1 aromatic rings. The molecule has 94 valence electrons. The Morgan fingerprint density at radius 1 is 1.35 bits per heavy atom. The normalized spacial score (nSPS) is 11.3. The summed E-state index contributed by atoms with van der Waals surface area (Å²) in [5, 5.41) is 0. The van der Waals surface area contributed by atoms with Gasteiger partial charge in [0, 0.05) is 4.90 Å². The average Bonchev–Trinajstić information content (AvgIpc) is 2.24. The minimum atomic E-state index is -4.42. The lowest BCUT2D eigenvalue weighted by molar-refractivity contribution is -0.0328. The number of hydrogen-bond acceptors (Lipinski definition) is 3. The van der Waals surface area contributed by atoms with Gasteiger partial charge in [-0.05, 0) is 30.3 Å². The maximum absolute atomic E-state index is 12.2. The third kappa shape index (κ3) is 4.68. The molecule has 2 nitrogen and oxygen atoms in total. The van der Waals surface area contributed by atoms with E-state index in [1.807, 2.05) is 6.92 Å². The standard InChI is InChI=1S/C11H11F3O2S/c1-2-7-16-10(15)8-5-3-4-6-9(8)17-11(12,13)14/h3-6H,2,7H2,1H3. The predicted molar refractivity (Wildman–Crippen MR) is 58.9 cm³/mol. The fourth-order valence-corrected chi connectivity index (χ4v) is 1.78. The second kappa shape index (κ2) is 5.95. The Bertz CT molecular complexity index is 391. The maximum Gasteiger partial charge on any atom is 0.446 e. The Morgan fingerprint density at radius 2 is 2.00 bits per heavy atom. The fourth-order valence-electron chi connectivity index (χ4n) is 1.12. The van der Waals surface area contributed by atoms with Crippen LogP contribution in [0.15, 0.2) is 29.2 Å².